The van der Waals surface area contributed by atoms with E-state index in [1.807, 2.05) is 57.7 Å². The van der Waals surface area contributed by atoms with Gasteiger partial charge in [-0.15, -0.1) is 0 Å². The maximum Gasteiger partial charge on any atom is 0.410 e. The number of urea groups is 1. The zero-order valence-electron chi connectivity index (χ0n) is 59.8. The molecule has 1 aliphatic heterocycles. The number of amides is 11. The van der Waals surface area contributed by atoms with Crippen molar-refractivity contribution in [2.24, 2.45) is 41.2 Å². The summed E-state index contributed by atoms with van der Waals surface area (Å²) in [5, 5.41) is 39.3. The van der Waals surface area contributed by atoms with E-state index in [1.54, 1.807) is 96.8 Å². The normalized spacial score (nSPS) is 17.1. The summed E-state index contributed by atoms with van der Waals surface area (Å²) in [5.74, 6) is -5.46. The highest BCUT2D eigenvalue weighted by atomic mass is 16.7. The molecular weight excluding hydrogens is 1250 g/mol. The summed E-state index contributed by atoms with van der Waals surface area (Å²) < 4.78 is 27.6. The molecule has 97 heavy (non-hydrogen) atoms. The van der Waals surface area contributed by atoms with Crippen molar-refractivity contribution < 1.29 is 81.8 Å². The van der Waals surface area contributed by atoms with E-state index < -0.39 is 132 Å². The van der Waals surface area contributed by atoms with Gasteiger partial charge in [0.25, 0.3) is 0 Å². The number of alkyl carbamates (subject to hydrolysis) is 1. The Morgan fingerprint density at radius 3 is 1.93 bits per heavy atom. The number of aliphatic hydroxyl groups is 2. The third-order valence-electron chi connectivity index (χ3n) is 18.0. The highest BCUT2D eigenvalue weighted by Gasteiger charge is 2.43. The van der Waals surface area contributed by atoms with E-state index in [0.717, 1.165) is 6.42 Å². The lowest BCUT2D eigenvalue weighted by Crippen LogP contribution is -2.60. The van der Waals surface area contributed by atoms with Gasteiger partial charge in [-0.2, -0.15) is 0 Å². The highest BCUT2D eigenvalue weighted by Crippen LogP contribution is 2.32. The number of anilines is 1. The van der Waals surface area contributed by atoms with E-state index in [4.69, 9.17) is 29.4 Å². The fourth-order valence-electron chi connectivity index (χ4n) is 11.7. The summed E-state index contributed by atoms with van der Waals surface area (Å²) in [6.45, 7) is 21.5. The quantitative estimate of drug-likeness (QED) is 0.0306. The third-order valence-corrected chi connectivity index (χ3v) is 18.0. The van der Waals surface area contributed by atoms with Crippen LogP contribution in [-0.4, -0.2) is 206 Å². The Morgan fingerprint density at radius 1 is 0.711 bits per heavy atom. The van der Waals surface area contributed by atoms with E-state index in [1.165, 1.54) is 26.2 Å². The van der Waals surface area contributed by atoms with Gasteiger partial charge in [0.15, 0.2) is 6.29 Å². The molecule has 2 aromatic rings. The highest BCUT2D eigenvalue weighted by molar-refractivity contribution is 5.98. The number of hydrogen-bond acceptors (Lipinski definition) is 17. The molecule has 2 unspecified atom stereocenters. The van der Waals surface area contributed by atoms with Crippen LogP contribution in [0.4, 0.5) is 20.1 Å². The van der Waals surface area contributed by atoms with Gasteiger partial charge >= 0.3 is 18.2 Å². The Bertz CT molecular complexity index is 2810. The Kier molecular flexibility index (Phi) is 36.4. The third kappa shape index (κ3) is 26.6. The van der Waals surface area contributed by atoms with E-state index in [9.17, 15) is 58.2 Å². The van der Waals surface area contributed by atoms with E-state index >= 15 is 0 Å². The molecule has 1 heterocycles. The number of aliphatic hydroxyl groups excluding tert-OH is 2. The number of nitrogens with one attached hydrogen (secondary N) is 7. The molecule has 0 radical (unpaired) electrons. The lowest BCUT2D eigenvalue weighted by molar-refractivity contribution is -0.181. The van der Waals surface area contributed by atoms with Crippen LogP contribution in [0.5, 0.6) is 0 Å². The van der Waals surface area contributed by atoms with Gasteiger partial charge in [0.05, 0.1) is 43.4 Å². The van der Waals surface area contributed by atoms with Crippen LogP contribution >= 0.6 is 0 Å². The number of nitrogens with zero attached hydrogens (tertiary/aromatic N) is 3. The van der Waals surface area contributed by atoms with Crippen molar-refractivity contribution in [3.05, 3.63) is 65.7 Å². The number of carbonyl (C=O) groups is 10. The molecule has 0 aliphatic carbocycles. The van der Waals surface area contributed by atoms with Crippen molar-refractivity contribution in [2.45, 2.75) is 208 Å². The van der Waals surface area contributed by atoms with Gasteiger partial charge in [-0.25, -0.2) is 14.4 Å². The molecule has 14 atom stereocenters. The number of likely N-dealkylation sites (tertiary alicyclic amines) is 1. The predicted molar refractivity (Wildman–Crippen MR) is 364 cm³/mol. The Hall–Kier alpha value is -7.66. The van der Waals surface area contributed by atoms with Gasteiger partial charge in [-0.1, -0.05) is 125 Å². The Balaban J connectivity index is 1.66. The number of benzene rings is 2. The summed E-state index contributed by atoms with van der Waals surface area (Å²) in [7, 11) is 5.94. The minimum atomic E-state index is -1.16. The summed E-state index contributed by atoms with van der Waals surface area (Å²) >= 11 is 0. The molecule has 1 fully saturated rings. The van der Waals surface area contributed by atoms with Gasteiger partial charge in [0.2, 0.25) is 41.4 Å². The van der Waals surface area contributed by atoms with Crippen molar-refractivity contribution in [1.82, 2.24) is 46.6 Å². The van der Waals surface area contributed by atoms with Crippen LogP contribution in [0, 0.1) is 35.5 Å². The maximum atomic E-state index is 14.8. The SMILES string of the molecule is CCC(CO)OC(COC(=O)NCCC(=O)N[C@@H](C(=O)N[C@H](CCCNC(N)=O)C(=O)Nc1ccc(COC(=O)N(C)[C@H](C(=O)N[C@H](C(=O)N(C)[C@@H]([C@@H](C)CC)[C@@H](CC(=O)N2CCC[C@H]2[C@H](C)[C@@H](C)C(=O)N[C@H](C)[C@@H](O)c2ccccc2)OC)C(C)C)C(C)C)cc1)C(C)C)OC. The topological polar surface area (TPSA) is 377 Å². The number of carbonyl (C=O) groups excluding carboxylic acids is 10. The van der Waals surface area contributed by atoms with Crippen molar-refractivity contribution in [2.75, 3.05) is 66.5 Å². The molecule has 11 N–H and O–H groups in total. The number of methoxy groups -OCH3 is 2. The Labute approximate surface area is 573 Å². The van der Waals surface area contributed by atoms with E-state index in [2.05, 4.69) is 37.2 Å². The van der Waals surface area contributed by atoms with Crippen LogP contribution in [0.15, 0.2) is 54.6 Å². The number of primary amides is 1. The second kappa shape index (κ2) is 42.2. The summed E-state index contributed by atoms with van der Waals surface area (Å²) in [6.07, 6.45) is -2.19. The first kappa shape index (κ1) is 83.6. The molecule has 28 heteroatoms. The maximum absolute atomic E-state index is 14.8. The average Bonchev–Trinajstić information content (AvgIpc) is 1.81. The molecule has 546 valence electrons. The second-order valence-corrected chi connectivity index (χ2v) is 26.2. The van der Waals surface area contributed by atoms with Crippen molar-refractivity contribution in [3.8, 4) is 0 Å². The standard InChI is InChI=1S/C69H113N11O17/c1-17-43(9)60(53(93-15)36-55(83)80-35-23-27-52(80)44(10)45(11)62(85)73-46(12)61(84)48-24-20-19-21-25-48)78(13)66(89)58(41(5)6)77-65(88)59(42(7)8)79(14)69(92)96-38-47-28-30-49(31-29-47)74-63(86)51(26-22-33-71-67(70)90)75-64(87)57(40(3)4)76-54(82)32-34-72-68(91)95-39-56(94-16)97-50(18-2)37-81/h19-21,24-25,28-31,40-46,50-53,56-61,81,84H,17-18,22-23,26-27,32-39H2,1-16H3,(H,72,91)(H,73,85)(H,74,86)(H,75,87)(H,76,82)(H,77,88)(H3,70,71,90)/t43-,44+,45+,46+,50?,51+,52-,53+,56?,57+,58-,59-,60-,61+/m0/s1. The van der Waals surface area contributed by atoms with Gasteiger partial charge < -0.3 is 86.6 Å². The van der Waals surface area contributed by atoms with E-state index in [-0.39, 0.29) is 88.3 Å². The summed E-state index contributed by atoms with van der Waals surface area (Å²) in [4.78, 5) is 140. The number of hydrogen-bond donors (Lipinski definition) is 10. The first-order valence-corrected chi connectivity index (χ1v) is 33.9. The molecule has 28 nitrogen and oxygen atoms in total. The lowest BCUT2D eigenvalue weighted by atomic mass is 9.86. The molecule has 3 rings (SSSR count). The van der Waals surface area contributed by atoms with Crippen LogP contribution in [0.25, 0.3) is 0 Å². The molecular formula is C69H113N11O17. The van der Waals surface area contributed by atoms with Crippen LogP contribution in [0.3, 0.4) is 0 Å². The Morgan fingerprint density at radius 2 is 1.36 bits per heavy atom. The minimum absolute atomic E-state index is 0.0461. The first-order valence-electron chi connectivity index (χ1n) is 33.9. The van der Waals surface area contributed by atoms with Crippen molar-refractivity contribution in [3.63, 3.8) is 0 Å². The smallest absolute Gasteiger partial charge is 0.410 e. The average molecular weight is 1370 g/mol. The largest absolute Gasteiger partial charge is 0.445 e. The number of ether oxygens (including phenoxy) is 5. The fraction of sp³-hybridized carbons (Fsp3) is 0.681. The van der Waals surface area contributed by atoms with Gasteiger partial charge in [0, 0.05) is 72.0 Å². The van der Waals surface area contributed by atoms with Gasteiger partial charge in [-0.3, -0.25) is 38.5 Å². The fourth-order valence-corrected chi connectivity index (χ4v) is 11.7. The second-order valence-electron chi connectivity index (χ2n) is 26.2. The van der Waals surface area contributed by atoms with Crippen LogP contribution in [-0.2, 0) is 63.9 Å². The number of nitrogens with two attached hydrogens (primary N) is 1. The molecule has 2 aromatic carbocycles. The first-order chi connectivity index (χ1) is 45.8. The summed E-state index contributed by atoms with van der Waals surface area (Å²) in [6, 6.07) is 8.87. The van der Waals surface area contributed by atoms with Gasteiger partial charge in [-0.05, 0) is 91.9 Å². The molecule has 11 amide bonds. The molecule has 0 aromatic heterocycles. The zero-order valence-corrected chi connectivity index (χ0v) is 59.8. The van der Waals surface area contributed by atoms with Crippen LogP contribution in [0.2, 0.25) is 0 Å². The van der Waals surface area contributed by atoms with Crippen molar-refractivity contribution >= 4 is 65.3 Å². The molecule has 0 bridgehead atoms. The molecule has 1 aliphatic rings. The molecule has 0 spiro atoms. The molecule has 1 saturated heterocycles. The predicted octanol–water partition coefficient (Wildman–Crippen LogP) is 5.09. The lowest BCUT2D eigenvalue weighted by Gasteiger charge is -2.41. The number of rotatable bonds is 41. The van der Waals surface area contributed by atoms with Crippen molar-refractivity contribution in [1.29, 1.82) is 0 Å². The van der Waals surface area contributed by atoms with Crippen LogP contribution in [0.1, 0.15) is 152 Å². The molecule has 0 saturated carbocycles. The number of likely N-dealkylation sites (N-methyl/N-ethyl adjacent to an activating group) is 2. The van der Waals surface area contributed by atoms with E-state index in [0.29, 0.717) is 42.6 Å². The monoisotopic (exact) mass is 1370 g/mol. The minimum Gasteiger partial charge on any atom is -0.445 e. The zero-order chi connectivity index (χ0) is 72.8. The summed E-state index contributed by atoms with van der Waals surface area (Å²) in [5.41, 5.74) is 6.76. The van der Waals surface area contributed by atoms with Gasteiger partial charge in [0.1, 0.15) is 37.4 Å². The van der Waals surface area contributed by atoms with Crippen LogP contribution < -0.4 is 43.0 Å².